The minimum absolute atomic E-state index is 0.0474. The second-order valence-electron chi connectivity index (χ2n) is 4.35. The van der Waals surface area contributed by atoms with E-state index in [1.165, 1.54) is 4.90 Å². The van der Waals surface area contributed by atoms with Crippen LogP contribution in [0.1, 0.15) is 6.92 Å². The van der Waals surface area contributed by atoms with Crippen LogP contribution >= 0.6 is 0 Å². The number of nitrogens with zero attached hydrogens (tertiary/aromatic N) is 5. The monoisotopic (exact) mass is 237 g/mol. The van der Waals surface area contributed by atoms with Gasteiger partial charge in [0.15, 0.2) is 0 Å². The van der Waals surface area contributed by atoms with E-state index >= 15 is 0 Å². The molecule has 17 heavy (non-hydrogen) atoms. The Morgan fingerprint density at radius 1 is 1.35 bits per heavy atom. The molecule has 2 saturated heterocycles. The van der Waals surface area contributed by atoms with E-state index in [2.05, 4.69) is 10.0 Å². The van der Waals surface area contributed by atoms with E-state index in [9.17, 15) is 9.59 Å². The van der Waals surface area contributed by atoms with Gasteiger partial charge in [0.2, 0.25) is 11.8 Å². The summed E-state index contributed by atoms with van der Waals surface area (Å²) in [5.41, 5.74) is 8.18. The highest BCUT2D eigenvalue weighted by molar-refractivity contribution is 6.05. The lowest BCUT2D eigenvalue weighted by Gasteiger charge is -2.18. The molecule has 0 aromatic heterocycles. The van der Waals surface area contributed by atoms with E-state index in [0.717, 1.165) is 0 Å². The lowest BCUT2D eigenvalue weighted by atomic mass is 10.00. The van der Waals surface area contributed by atoms with Gasteiger partial charge in [0, 0.05) is 37.6 Å². The number of imide groups is 1. The van der Waals surface area contributed by atoms with Crippen LogP contribution in [0.15, 0.2) is 5.11 Å². The molecule has 7 nitrogen and oxygen atoms in total. The Morgan fingerprint density at radius 2 is 1.94 bits per heavy atom. The topological polar surface area (TPSA) is 89.4 Å². The van der Waals surface area contributed by atoms with Crippen molar-refractivity contribution in [3.05, 3.63) is 10.4 Å². The minimum atomic E-state index is -0.187. The molecule has 2 atom stereocenters. The first kappa shape index (κ1) is 11.9. The standard InChI is InChI=1S/C10H15N5O2/c1-2-15-9(16)7-5-14(4-3-12-13-11)6-8(7)10(15)17/h7-8H,2-6H2,1H3. The van der Waals surface area contributed by atoms with Crippen molar-refractivity contribution < 1.29 is 9.59 Å². The number of carbonyl (C=O) groups excluding carboxylic acids is 2. The van der Waals surface area contributed by atoms with Gasteiger partial charge in [0.1, 0.15) is 0 Å². The molecule has 2 aliphatic rings. The predicted molar refractivity (Wildman–Crippen MR) is 59.8 cm³/mol. The first-order valence-electron chi connectivity index (χ1n) is 5.77. The average Bonchev–Trinajstić information content (AvgIpc) is 2.81. The van der Waals surface area contributed by atoms with Crippen LogP contribution in [0.25, 0.3) is 10.4 Å². The van der Waals surface area contributed by atoms with E-state index < -0.39 is 0 Å². The normalized spacial score (nSPS) is 28.4. The second kappa shape index (κ2) is 4.73. The van der Waals surface area contributed by atoms with Gasteiger partial charge in [-0.1, -0.05) is 5.11 Å². The van der Waals surface area contributed by atoms with Crippen LogP contribution in [-0.2, 0) is 9.59 Å². The fraction of sp³-hybridized carbons (Fsp3) is 0.800. The molecule has 92 valence electrons. The van der Waals surface area contributed by atoms with Crippen molar-refractivity contribution in [3.63, 3.8) is 0 Å². The second-order valence-corrected chi connectivity index (χ2v) is 4.35. The quantitative estimate of drug-likeness (QED) is 0.303. The van der Waals surface area contributed by atoms with Crippen LogP contribution in [0.3, 0.4) is 0 Å². The molecule has 0 bridgehead atoms. The molecule has 0 aliphatic carbocycles. The first-order valence-corrected chi connectivity index (χ1v) is 5.77. The molecule has 2 rings (SSSR count). The first-order chi connectivity index (χ1) is 8.19. The molecule has 2 heterocycles. The Bertz CT molecular complexity index is 366. The molecule has 0 aromatic carbocycles. The SMILES string of the molecule is CCN1C(=O)C2CN(CCN=[N+]=[N-])CC2C1=O. The smallest absolute Gasteiger partial charge is 0.234 e. The molecule has 0 aromatic rings. The zero-order chi connectivity index (χ0) is 12.4. The van der Waals surface area contributed by atoms with Gasteiger partial charge in [-0.05, 0) is 12.5 Å². The third-order valence-electron chi connectivity index (χ3n) is 3.46. The predicted octanol–water partition coefficient (Wildman–Crippen LogP) is 0.233. The summed E-state index contributed by atoms with van der Waals surface area (Å²) in [5.74, 6) is -0.468. The zero-order valence-electron chi connectivity index (χ0n) is 9.74. The summed E-state index contributed by atoms with van der Waals surface area (Å²) in [7, 11) is 0. The number of amides is 2. The Labute approximate surface area is 99.0 Å². The molecule has 2 amide bonds. The van der Waals surface area contributed by atoms with E-state index in [-0.39, 0.29) is 23.7 Å². The van der Waals surface area contributed by atoms with E-state index in [4.69, 9.17) is 5.53 Å². The average molecular weight is 237 g/mol. The maximum atomic E-state index is 11.9. The summed E-state index contributed by atoms with van der Waals surface area (Å²) in [6, 6.07) is 0. The lowest BCUT2D eigenvalue weighted by molar-refractivity contribution is -0.140. The zero-order valence-corrected chi connectivity index (χ0v) is 9.74. The van der Waals surface area contributed by atoms with Gasteiger partial charge in [-0.3, -0.25) is 14.5 Å². The maximum Gasteiger partial charge on any atom is 0.234 e. The highest BCUT2D eigenvalue weighted by atomic mass is 16.2. The fourth-order valence-corrected chi connectivity index (χ4v) is 2.62. The molecule has 2 fully saturated rings. The maximum absolute atomic E-state index is 11.9. The van der Waals surface area contributed by atoms with Crippen LogP contribution in [0.4, 0.5) is 0 Å². The third-order valence-corrected chi connectivity index (χ3v) is 3.46. The van der Waals surface area contributed by atoms with Crippen LogP contribution < -0.4 is 0 Å². The summed E-state index contributed by atoms with van der Waals surface area (Å²) in [6.45, 7) is 4.48. The van der Waals surface area contributed by atoms with Gasteiger partial charge < -0.3 is 4.90 Å². The summed E-state index contributed by atoms with van der Waals surface area (Å²) in [4.78, 5) is 29.8. The molecule has 0 spiro atoms. The number of hydrogen-bond donors (Lipinski definition) is 0. The van der Waals surface area contributed by atoms with Gasteiger partial charge in [0.25, 0.3) is 0 Å². The van der Waals surface area contributed by atoms with E-state index in [1.807, 2.05) is 11.8 Å². The number of likely N-dealkylation sites (tertiary alicyclic amines) is 2. The van der Waals surface area contributed by atoms with Crippen LogP contribution in [0.2, 0.25) is 0 Å². The molecule has 2 aliphatic heterocycles. The van der Waals surface area contributed by atoms with Crippen molar-refractivity contribution in [2.75, 3.05) is 32.7 Å². The molecular weight excluding hydrogens is 222 g/mol. The Hall–Kier alpha value is -1.59. The molecule has 2 unspecified atom stereocenters. The fourth-order valence-electron chi connectivity index (χ4n) is 2.62. The largest absolute Gasteiger partial charge is 0.302 e. The van der Waals surface area contributed by atoms with Crippen molar-refractivity contribution in [2.45, 2.75) is 6.92 Å². The lowest BCUT2D eigenvalue weighted by Crippen LogP contribution is -2.36. The number of carbonyl (C=O) groups is 2. The van der Waals surface area contributed by atoms with Crippen molar-refractivity contribution in [1.29, 1.82) is 0 Å². The molecule has 7 heteroatoms. The Balaban J connectivity index is 1.97. The van der Waals surface area contributed by atoms with Crippen molar-refractivity contribution in [1.82, 2.24) is 9.80 Å². The Morgan fingerprint density at radius 3 is 2.41 bits per heavy atom. The van der Waals surface area contributed by atoms with Crippen LogP contribution in [0.5, 0.6) is 0 Å². The van der Waals surface area contributed by atoms with E-state index in [0.29, 0.717) is 32.7 Å². The van der Waals surface area contributed by atoms with E-state index in [1.54, 1.807) is 0 Å². The van der Waals surface area contributed by atoms with Crippen LogP contribution in [0, 0.1) is 11.8 Å². The number of hydrogen-bond acceptors (Lipinski definition) is 4. The summed E-state index contributed by atoms with van der Waals surface area (Å²) < 4.78 is 0. The molecule has 0 N–H and O–H groups in total. The highest BCUT2D eigenvalue weighted by Gasteiger charge is 2.51. The van der Waals surface area contributed by atoms with Gasteiger partial charge in [-0.15, -0.1) is 0 Å². The summed E-state index contributed by atoms with van der Waals surface area (Å²) >= 11 is 0. The number of azide groups is 1. The van der Waals surface area contributed by atoms with Gasteiger partial charge in [-0.25, -0.2) is 0 Å². The molecule has 0 radical (unpaired) electrons. The van der Waals surface area contributed by atoms with Gasteiger partial charge >= 0.3 is 0 Å². The number of fused-ring (bicyclic) bond motifs is 1. The summed E-state index contributed by atoms with van der Waals surface area (Å²) in [5, 5.41) is 3.46. The van der Waals surface area contributed by atoms with Gasteiger partial charge in [0.05, 0.1) is 11.8 Å². The van der Waals surface area contributed by atoms with Crippen LogP contribution in [-0.4, -0.2) is 54.3 Å². The molecular formula is C10H15N5O2. The highest BCUT2D eigenvalue weighted by Crippen LogP contribution is 2.32. The van der Waals surface area contributed by atoms with Crippen molar-refractivity contribution >= 4 is 11.8 Å². The van der Waals surface area contributed by atoms with Gasteiger partial charge in [-0.2, -0.15) is 0 Å². The third kappa shape index (κ3) is 1.99. The minimum Gasteiger partial charge on any atom is -0.302 e. The number of rotatable bonds is 4. The van der Waals surface area contributed by atoms with Crippen molar-refractivity contribution in [3.8, 4) is 0 Å². The molecule has 0 saturated carbocycles. The Kier molecular flexibility index (Phi) is 3.31. The summed E-state index contributed by atoms with van der Waals surface area (Å²) in [6.07, 6.45) is 0. The van der Waals surface area contributed by atoms with Crippen molar-refractivity contribution in [2.24, 2.45) is 17.0 Å².